The molecule has 1 spiro atoms. The van der Waals surface area contributed by atoms with Crippen LogP contribution >= 0.6 is 15.9 Å². The zero-order valence-corrected chi connectivity index (χ0v) is 32.0. The van der Waals surface area contributed by atoms with Crippen LogP contribution in [0.1, 0.15) is 30.0 Å². The molecule has 1 fully saturated rings. The summed E-state index contributed by atoms with van der Waals surface area (Å²) in [5.74, 6) is -0.444. The van der Waals surface area contributed by atoms with Crippen molar-refractivity contribution in [2.75, 3.05) is 29.6 Å². The van der Waals surface area contributed by atoms with Crippen molar-refractivity contribution in [3.05, 3.63) is 118 Å². The Labute approximate surface area is 312 Å². The Bertz CT molecular complexity index is 1990. The molecule has 4 atom stereocenters. The molecule has 10 nitrogen and oxygen atoms in total. The SMILES string of the molecule is C[C@H]1[C@H]([Si](C)(C)O)[C@@H](CC(=O)N(CCO)Cc2ccccc2)O[C@]12C(=O)N(Cc1ccc(N3C(=O)COc4ccccc43)cc1)c1ccc(Br)cc12. The van der Waals surface area contributed by atoms with Crippen molar-refractivity contribution < 1.29 is 33.8 Å². The fraction of sp³-hybridized carbons (Fsp3) is 0.325. The molecule has 270 valence electrons. The highest BCUT2D eigenvalue weighted by molar-refractivity contribution is 9.10. The first-order valence-electron chi connectivity index (χ1n) is 17.5. The first kappa shape index (κ1) is 36.0. The number of fused-ring (bicyclic) bond motifs is 3. The number of carbonyl (C=O) groups excluding carboxylic acids is 3. The molecule has 4 aromatic rings. The van der Waals surface area contributed by atoms with Crippen LogP contribution in [-0.4, -0.2) is 66.7 Å². The maximum atomic E-state index is 14.9. The lowest BCUT2D eigenvalue weighted by Crippen LogP contribution is -2.46. The molecule has 0 aromatic heterocycles. The van der Waals surface area contributed by atoms with Gasteiger partial charge >= 0.3 is 0 Å². The zero-order chi connectivity index (χ0) is 36.8. The second-order valence-corrected chi connectivity index (χ2v) is 19.2. The number of benzene rings is 4. The normalized spacial score (nSPS) is 22.4. The van der Waals surface area contributed by atoms with Gasteiger partial charge in [0.05, 0.1) is 37.1 Å². The van der Waals surface area contributed by atoms with Gasteiger partial charge in [0.2, 0.25) is 5.91 Å². The zero-order valence-electron chi connectivity index (χ0n) is 29.4. The molecule has 3 amide bonds. The average molecular weight is 785 g/mol. The predicted molar refractivity (Wildman–Crippen MR) is 204 cm³/mol. The van der Waals surface area contributed by atoms with E-state index in [1.165, 1.54) is 0 Å². The second-order valence-electron chi connectivity index (χ2n) is 14.3. The van der Waals surface area contributed by atoms with Crippen LogP contribution in [-0.2, 0) is 37.8 Å². The Hall–Kier alpha value is -4.33. The standard InChI is InChI=1S/C40H42BrN3O7Si/c1-26-38(52(2,3)49)35(22-36(46)42(19-20-45)23-27-9-5-4-6-10-27)51-40(26)31-21-29(41)15-18-32(31)43(39(40)48)24-28-13-16-30(17-14-28)44-33-11-7-8-12-34(33)50-25-37(44)47/h4-18,21,26,35,38,45,49H,19-20,22-25H2,1-3H3/t26-,35+,38-,40+/m0/s1. The summed E-state index contributed by atoms with van der Waals surface area (Å²) in [6.45, 7) is 6.10. The number of amides is 3. The van der Waals surface area contributed by atoms with Gasteiger partial charge in [-0.2, -0.15) is 0 Å². The number of aliphatic hydroxyl groups excluding tert-OH is 1. The number of halogens is 1. The average Bonchev–Trinajstić information content (AvgIpc) is 3.54. The summed E-state index contributed by atoms with van der Waals surface area (Å²) in [5.41, 5.74) is 2.69. The van der Waals surface area contributed by atoms with Crippen molar-refractivity contribution >= 4 is 59.0 Å². The van der Waals surface area contributed by atoms with Crippen LogP contribution in [0.4, 0.5) is 17.1 Å². The summed E-state index contributed by atoms with van der Waals surface area (Å²) in [4.78, 5) is 58.5. The molecule has 0 bridgehead atoms. The van der Waals surface area contributed by atoms with Gasteiger partial charge in [0.1, 0.15) is 5.75 Å². The van der Waals surface area contributed by atoms with Crippen LogP contribution in [0.5, 0.6) is 5.75 Å². The number of anilines is 3. The molecule has 3 aliphatic heterocycles. The molecule has 0 saturated carbocycles. The number of ether oxygens (including phenoxy) is 2. The van der Waals surface area contributed by atoms with Crippen molar-refractivity contribution in [2.24, 2.45) is 5.92 Å². The van der Waals surface area contributed by atoms with Crippen molar-refractivity contribution in [3.63, 3.8) is 0 Å². The molecule has 12 heteroatoms. The molecule has 7 rings (SSSR count). The number of hydrogen-bond acceptors (Lipinski definition) is 7. The van der Waals surface area contributed by atoms with E-state index in [0.29, 0.717) is 34.9 Å². The second kappa shape index (κ2) is 14.2. The Balaban J connectivity index is 1.18. The molecule has 2 N–H and O–H groups in total. The molecular weight excluding hydrogens is 742 g/mol. The number of hydrogen-bond donors (Lipinski definition) is 2. The summed E-state index contributed by atoms with van der Waals surface area (Å²) in [5, 5.41) is 9.83. The summed E-state index contributed by atoms with van der Waals surface area (Å²) >= 11 is 3.61. The van der Waals surface area contributed by atoms with E-state index < -0.39 is 31.5 Å². The van der Waals surface area contributed by atoms with E-state index in [1.54, 1.807) is 14.7 Å². The van der Waals surface area contributed by atoms with Gasteiger partial charge in [-0.15, -0.1) is 0 Å². The van der Waals surface area contributed by atoms with Crippen LogP contribution in [0.15, 0.2) is 102 Å². The molecule has 1 saturated heterocycles. The molecule has 0 radical (unpaired) electrons. The van der Waals surface area contributed by atoms with Crippen molar-refractivity contribution in [2.45, 2.75) is 56.8 Å². The third-order valence-electron chi connectivity index (χ3n) is 10.5. The Kier molecular flexibility index (Phi) is 9.87. The first-order valence-corrected chi connectivity index (χ1v) is 21.3. The Morgan fingerprint density at radius 3 is 2.38 bits per heavy atom. The smallest absolute Gasteiger partial charge is 0.269 e. The number of carbonyl (C=O) groups is 3. The maximum absolute atomic E-state index is 14.9. The number of nitrogens with zero attached hydrogens (tertiary/aromatic N) is 3. The summed E-state index contributed by atoms with van der Waals surface area (Å²) in [6, 6.07) is 30.3. The predicted octanol–water partition coefficient (Wildman–Crippen LogP) is 6.26. The monoisotopic (exact) mass is 783 g/mol. The number of para-hydroxylation sites is 2. The molecule has 52 heavy (non-hydrogen) atoms. The van der Waals surface area contributed by atoms with Gasteiger partial charge in [0.25, 0.3) is 11.8 Å². The molecule has 3 heterocycles. The molecule has 0 unspecified atom stereocenters. The van der Waals surface area contributed by atoms with Crippen LogP contribution < -0.4 is 14.5 Å². The molecule has 4 aromatic carbocycles. The highest BCUT2D eigenvalue weighted by Crippen LogP contribution is 2.60. The van der Waals surface area contributed by atoms with Gasteiger partial charge in [-0.1, -0.05) is 77.5 Å². The van der Waals surface area contributed by atoms with Crippen LogP contribution in [0.2, 0.25) is 18.6 Å². The highest BCUT2D eigenvalue weighted by atomic mass is 79.9. The van der Waals surface area contributed by atoms with E-state index in [-0.39, 0.29) is 50.4 Å². The third-order valence-corrected chi connectivity index (χ3v) is 13.5. The fourth-order valence-electron chi connectivity index (χ4n) is 8.24. The quantitative estimate of drug-likeness (QED) is 0.182. The molecule has 3 aliphatic rings. The van der Waals surface area contributed by atoms with Crippen LogP contribution in [0.3, 0.4) is 0 Å². The lowest BCUT2D eigenvalue weighted by atomic mass is 9.82. The van der Waals surface area contributed by atoms with E-state index in [1.807, 2.05) is 117 Å². The Morgan fingerprint density at radius 2 is 1.67 bits per heavy atom. The minimum atomic E-state index is -3.02. The summed E-state index contributed by atoms with van der Waals surface area (Å²) in [7, 11) is -3.02. The Morgan fingerprint density at radius 1 is 0.962 bits per heavy atom. The minimum absolute atomic E-state index is 0.0396. The van der Waals surface area contributed by atoms with Crippen molar-refractivity contribution in [3.8, 4) is 5.75 Å². The largest absolute Gasteiger partial charge is 0.482 e. The highest BCUT2D eigenvalue weighted by Gasteiger charge is 2.66. The van der Waals surface area contributed by atoms with Crippen LogP contribution in [0, 0.1) is 5.92 Å². The van der Waals surface area contributed by atoms with Crippen LogP contribution in [0.25, 0.3) is 0 Å². The maximum Gasteiger partial charge on any atom is 0.269 e. The van der Waals surface area contributed by atoms with Crippen molar-refractivity contribution in [1.82, 2.24) is 4.90 Å². The van der Waals surface area contributed by atoms with Gasteiger partial charge < -0.3 is 29.2 Å². The third kappa shape index (κ3) is 6.47. The van der Waals surface area contributed by atoms with Gasteiger partial charge in [-0.3, -0.25) is 19.3 Å². The van der Waals surface area contributed by atoms with Gasteiger partial charge in [0, 0.05) is 40.3 Å². The fourth-order valence-corrected chi connectivity index (χ4v) is 11.2. The lowest BCUT2D eigenvalue weighted by molar-refractivity contribution is -0.150. The minimum Gasteiger partial charge on any atom is -0.482 e. The van der Waals surface area contributed by atoms with Gasteiger partial charge in [-0.25, -0.2) is 0 Å². The molecular formula is C40H42BrN3O7Si. The van der Waals surface area contributed by atoms with E-state index in [9.17, 15) is 24.3 Å². The molecule has 0 aliphatic carbocycles. The topological polar surface area (TPSA) is 120 Å². The van der Waals surface area contributed by atoms with Gasteiger partial charge in [-0.05, 0) is 66.7 Å². The summed E-state index contributed by atoms with van der Waals surface area (Å²) < 4.78 is 13.3. The van der Waals surface area contributed by atoms with E-state index in [2.05, 4.69) is 15.9 Å². The van der Waals surface area contributed by atoms with Gasteiger partial charge in [0.15, 0.2) is 20.5 Å². The number of rotatable bonds is 10. The number of aliphatic hydroxyl groups is 1. The van der Waals surface area contributed by atoms with Crippen molar-refractivity contribution in [1.29, 1.82) is 0 Å². The van der Waals surface area contributed by atoms with E-state index >= 15 is 0 Å². The summed E-state index contributed by atoms with van der Waals surface area (Å²) in [6.07, 6.45) is -0.766. The first-order chi connectivity index (χ1) is 24.9. The lowest BCUT2D eigenvalue weighted by Gasteiger charge is -2.32. The van der Waals surface area contributed by atoms with E-state index in [0.717, 1.165) is 15.6 Å². The van der Waals surface area contributed by atoms with E-state index in [4.69, 9.17) is 9.47 Å².